The first-order valence-corrected chi connectivity index (χ1v) is 8.80. The van der Waals surface area contributed by atoms with Crippen molar-refractivity contribution in [3.63, 3.8) is 0 Å². The van der Waals surface area contributed by atoms with Gasteiger partial charge in [-0.05, 0) is 37.8 Å². The highest BCUT2D eigenvalue weighted by Crippen LogP contribution is 2.58. The molecule has 1 saturated heterocycles. The first-order chi connectivity index (χ1) is 9.59. The molecule has 0 bridgehead atoms. The Morgan fingerprint density at radius 2 is 2.20 bits per heavy atom. The van der Waals surface area contributed by atoms with Crippen LogP contribution in [0.5, 0.6) is 0 Å². The summed E-state index contributed by atoms with van der Waals surface area (Å²) in [5.74, 6) is 0.304. The lowest BCUT2D eigenvalue weighted by Gasteiger charge is -2.22. The summed E-state index contributed by atoms with van der Waals surface area (Å²) < 4.78 is 0.919. The molecule has 1 spiro atoms. The van der Waals surface area contributed by atoms with Gasteiger partial charge in [-0.25, -0.2) is 0 Å². The van der Waals surface area contributed by atoms with Gasteiger partial charge in [0, 0.05) is 11.2 Å². The van der Waals surface area contributed by atoms with Crippen LogP contribution >= 0.6 is 23.1 Å². The number of amides is 1. The van der Waals surface area contributed by atoms with Crippen LogP contribution in [0, 0.1) is 11.3 Å². The Morgan fingerprint density at radius 3 is 2.90 bits per heavy atom. The van der Waals surface area contributed by atoms with Gasteiger partial charge in [-0.3, -0.25) is 4.79 Å². The molecule has 2 N–H and O–H groups in total. The summed E-state index contributed by atoms with van der Waals surface area (Å²) >= 11 is 3.14. The molecule has 1 aliphatic heterocycles. The summed E-state index contributed by atoms with van der Waals surface area (Å²) in [5, 5.41) is 15.6. The van der Waals surface area contributed by atoms with Crippen molar-refractivity contribution in [2.24, 2.45) is 11.3 Å². The number of anilines is 1. The van der Waals surface area contributed by atoms with E-state index < -0.39 is 0 Å². The van der Waals surface area contributed by atoms with Crippen molar-refractivity contribution in [2.45, 2.75) is 42.7 Å². The SMILES string of the molecule is CC(C)Sc1nnc(NC(=O)C2CC23CCNCC3)s1. The zero-order valence-corrected chi connectivity index (χ0v) is 13.4. The van der Waals surface area contributed by atoms with E-state index in [0.717, 1.165) is 36.7 Å². The van der Waals surface area contributed by atoms with E-state index in [1.54, 1.807) is 11.8 Å². The topological polar surface area (TPSA) is 66.9 Å². The highest BCUT2D eigenvalue weighted by Gasteiger charge is 2.57. The molecule has 1 aliphatic carbocycles. The maximum absolute atomic E-state index is 12.3. The van der Waals surface area contributed by atoms with Crippen LogP contribution in [0.1, 0.15) is 33.1 Å². The van der Waals surface area contributed by atoms with E-state index in [1.165, 1.54) is 11.3 Å². The largest absolute Gasteiger partial charge is 0.317 e. The van der Waals surface area contributed by atoms with Crippen molar-refractivity contribution in [1.82, 2.24) is 15.5 Å². The zero-order valence-electron chi connectivity index (χ0n) is 11.8. The number of thioether (sulfide) groups is 1. The highest BCUT2D eigenvalue weighted by atomic mass is 32.2. The molecule has 2 heterocycles. The molecule has 110 valence electrons. The number of carbonyl (C=O) groups is 1. The fourth-order valence-corrected chi connectivity index (χ4v) is 4.88. The van der Waals surface area contributed by atoms with E-state index in [1.807, 2.05) is 0 Å². The molecule has 7 heteroatoms. The summed E-state index contributed by atoms with van der Waals surface area (Å²) in [6.45, 7) is 6.32. The lowest BCUT2D eigenvalue weighted by atomic mass is 9.92. The van der Waals surface area contributed by atoms with Crippen LogP contribution in [0.4, 0.5) is 5.13 Å². The number of nitrogens with zero attached hydrogens (tertiary/aromatic N) is 2. The van der Waals surface area contributed by atoms with E-state index in [9.17, 15) is 4.79 Å². The Hall–Kier alpha value is -0.660. The van der Waals surface area contributed by atoms with Crippen LogP contribution in [-0.4, -0.2) is 34.4 Å². The van der Waals surface area contributed by atoms with Crippen molar-refractivity contribution in [3.05, 3.63) is 0 Å². The molecule has 1 aromatic rings. The van der Waals surface area contributed by atoms with Crippen molar-refractivity contribution in [3.8, 4) is 0 Å². The number of piperidine rings is 1. The van der Waals surface area contributed by atoms with Gasteiger partial charge in [0.15, 0.2) is 4.34 Å². The molecule has 1 aromatic heterocycles. The van der Waals surface area contributed by atoms with Crippen molar-refractivity contribution in [1.29, 1.82) is 0 Å². The summed E-state index contributed by atoms with van der Waals surface area (Å²) in [6.07, 6.45) is 3.28. The first-order valence-electron chi connectivity index (χ1n) is 7.11. The second-order valence-corrected chi connectivity index (χ2v) is 8.70. The third-order valence-corrected chi connectivity index (χ3v) is 6.01. The Morgan fingerprint density at radius 1 is 1.45 bits per heavy atom. The molecule has 3 rings (SSSR count). The van der Waals surface area contributed by atoms with Gasteiger partial charge < -0.3 is 10.6 Å². The van der Waals surface area contributed by atoms with E-state index in [0.29, 0.717) is 10.4 Å². The lowest BCUT2D eigenvalue weighted by molar-refractivity contribution is -0.118. The second-order valence-electron chi connectivity index (χ2n) is 5.90. The zero-order chi connectivity index (χ0) is 14.2. The number of hydrogen-bond acceptors (Lipinski definition) is 6. The summed E-state index contributed by atoms with van der Waals surface area (Å²) in [7, 11) is 0. The first kappa shape index (κ1) is 14.3. The van der Waals surface area contributed by atoms with Crippen LogP contribution < -0.4 is 10.6 Å². The monoisotopic (exact) mass is 312 g/mol. The molecule has 1 amide bonds. The van der Waals surface area contributed by atoms with E-state index >= 15 is 0 Å². The van der Waals surface area contributed by atoms with Crippen molar-refractivity contribution >= 4 is 34.1 Å². The van der Waals surface area contributed by atoms with E-state index in [-0.39, 0.29) is 17.2 Å². The molecule has 20 heavy (non-hydrogen) atoms. The van der Waals surface area contributed by atoms with Gasteiger partial charge in [-0.2, -0.15) is 0 Å². The number of nitrogens with one attached hydrogen (secondary N) is 2. The Balaban J connectivity index is 1.56. The second kappa shape index (κ2) is 5.61. The lowest BCUT2D eigenvalue weighted by Crippen LogP contribution is -2.31. The van der Waals surface area contributed by atoms with Crippen molar-refractivity contribution < 1.29 is 4.79 Å². The minimum Gasteiger partial charge on any atom is -0.317 e. The van der Waals surface area contributed by atoms with Crippen molar-refractivity contribution in [2.75, 3.05) is 18.4 Å². The highest BCUT2D eigenvalue weighted by molar-refractivity contribution is 8.01. The molecule has 0 aromatic carbocycles. The van der Waals surface area contributed by atoms with Gasteiger partial charge in [-0.1, -0.05) is 36.9 Å². The smallest absolute Gasteiger partial charge is 0.229 e. The van der Waals surface area contributed by atoms with Crippen LogP contribution in [0.2, 0.25) is 0 Å². The van der Waals surface area contributed by atoms with Gasteiger partial charge in [0.25, 0.3) is 0 Å². The number of rotatable bonds is 4. The maximum Gasteiger partial charge on any atom is 0.229 e. The van der Waals surface area contributed by atoms with Crippen LogP contribution in [0.15, 0.2) is 4.34 Å². The van der Waals surface area contributed by atoms with Gasteiger partial charge in [0.05, 0.1) is 0 Å². The minimum absolute atomic E-state index is 0.129. The van der Waals surface area contributed by atoms with Crippen LogP contribution in [0.25, 0.3) is 0 Å². The Labute approximate surface area is 127 Å². The molecule has 2 fully saturated rings. The molecule has 1 unspecified atom stereocenters. The summed E-state index contributed by atoms with van der Waals surface area (Å²) in [5.41, 5.74) is 0.273. The fraction of sp³-hybridized carbons (Fsp3) is 0.769. The quantitative estimate of drug-likeness (QED) is 0.660. The number of hydrogen-bond donors (Lipinski definition) is 2. The molecular formula is C13H20N4OS2. The standard InChI is InChI=1S/C13H20N4OS2/c1-8(2)19-12-17-16-11(20-12)15-10(18)9-7-13(9)3-5-14-6-4-13/h8-9,14H,3-7H2,1-2H3,(H,15,16,18). The maximum atomic E-state index is 12.3. The van der Waals surface area contributed by atoms with Crippen LogP contribution in [-0.2, 0) is 4.79 Å². The normalized spacial score (nSPS) is 24.1. The molecule has 5 nitrogen and oxygen atoms in total. The van der Waals surface area contributed by atoms with E-state index in [4.69, 9.17) is 0 Å². The minimum atomic E-state index is 0.129. The van der Waals surface area contributed by atoms with Gasteiger partial charge in [0.1, 0.15) is 0 Å². The Kier molecular flexibility index (Phi) is 4.01. The fourth-order valence-electron chi connectivity index (χ4n) is 2.90. The Bertz CT molecular complexity index is 496. The summed E-state index contributed by atoms with van der Waals surface area (Å²) in [6, 6.07) is 0. The number of carbonyl (C=O) groups excluding carboxylic acids is 1. The predicted octanol–water partition coefficient (Wildman–Crippen LogP) is 2.37. The van der Waals surface area contributed by atoms with E-state index in [2.05, 4.69) is 34.7 Å². The van der Waals surface area contributed by atoms with Gasteiger partial charge in [0.2, 0.25) is 11.0 Å². The molecule has 1 saturated carbocycles. The molecule has 1 atom stereocenters. The van der Waals surface area contributed by atoms with Gasteiger partial charge >= 0.3 is 0 Å². The molecular weight excluding hydrogens is 292 g/mol. The molecule has 0 radical (unpaired) electrons. The molecule has 2 aliphatic rings. The summed E-state index contributed by atoms with van der Waals surface area (Å²) in [4.78, 5) is 12.3. The van der Waals surface area contributed by atoms with Gasteiger partial charge in [-0.15, -0.1) is 10.2 Å². The number of aromatic nitrogens is 2. The average Bonchev–Trinajstić information content (AvgIpc) is 2.91. The third-order valence-electron chi connectivity index (χ3n) is 4.08. The third kappa shape index (κ3) is 2.99. The average molecular weight is 312 g/mol. The predicted molar refractivity (Wildman–Crippen MR) is 82.2 cm³/mol. The van der Waals surface area contributed by atoms with Crippen LogP contribution in [0.3, 0.4) is 0 Å².